The summed E-state index contributed by atoms with van der Waals surface area (Å²) in [6.07, 6.45) is 6.13. The number of aromatic amines is 1. The lowest BCUT2D eigenvalue weighted by molar-refractivity contribution is 0.760. The summed E-state index contributed by atoms with van der Waals surface area (Å²) < 4.78 is 0. The molecule has 0 aliphatic carbocycles. The van der Waals surface area contributed by atoms with Gasteiger partial charge in [-0.2, -0.15) is 0 Å². The predicted molar refractivity (Wildman–Crippen MR) is 78.3 cm³/mol. The van der Waals surface area contributed by atoms with E-state index >= 15 is 0 Å². The van der Waals surface area contributed by atoms with Gasteiger partial charge in [-0.05, 0) is 25.5 Å². The number of imidazole rings is 1. The average molecular weight is 268 g/mol. The van der Waals surface area contributed by atoms with Gasteiger partial charge in [0.25, 0.3) is 0 Å². The Labute approximate surface area is 116 Å². The van der Waals surface area contributed by atoms with E-state index in [1.54, 1.807) is 18.7 Å². The Kier molecular flexibility index (Phi) is 3.28. The first kappa shape index (κ1) is 12.5. The number of anilines is 1. The van der Waals surface area contributed by atoms with E-state index < -0.39 is 0 Å². The molecule has 3 heterocycles. The van der Waals surface area contributed by atoms with Crippen molar-refractivity contribution in [1.82, 2.24) is 24.9 Å². The van der Waals surface area contributed by atoms with E-state index in [4.69, 9.17) is 0 Å². The van der Waals surface area contributed by atoms with Crippen LogP contribution in [0.4, 0.5) is 5.82 Å². The van der Waals surface area contributed by atoms with Crippen LogP contribution in [0.1, 0.15) is 20.3 Å². The fourth-order valence-electron chi connectivity index (χ4n) is 1.90. The van der Waals surface area contributed by atoms with Crippen LogP contribution in [0.3, 0.4) is 0 Å². The fourth-order valence-corrected chi connectivity index (χ4v) is 1.90. The van der Waals surface area contributed by atoms with Crippen molar-refractivity contribution in [3.8, 4) is 11.4 Å². The third kappa shape index (κ3) is 2.32. The Hall–Kier alpha value is -2.50. The van der Waals surface area contributed by atoms with Gasteiger partial charge in [-0.25, -0.2) is 15.0 Å². The van der Waals surface area contributed by atoms with Gasteiger partial charge in [-0.15, -0.1) is 0 Å². The van der Waals surface area contributed by atoms with E-state index in [1.165, 1.54) is 0 Å². The second kappa shape index (κ2) is 5.24. The molecule has 1 atom stereocenters. The summed E-state index contributed by atoms with van der Waals surface area (Å²) in [4.78, 5) is 20.5. The molecule has 3 aromatic rings. The van der Waals surface area contributed by atoms with Gasteiger partial charge in [0.2, 0.25) is 0 Å². The van der Waals surface area contributed by atoms with Gasteiger partial charge in [0.15, 0.2) is 17.3 Å². The van der Waals surface area contributed by atoms with Gasteiger partial charge in [-0.3, -0.25) is 4.98 Å². The van der Waals surface area contributed by atoms with Crippen LogP contribution in [-0.4, -0.2) is 31.0 Å². The highest BCUT2D eigenvalue weighted by molar-refractivity contribution is 5.84. The second-order valence-electron chi connectivity index (χ2n) is 4.69. The molecule has 0 saturated heterocycles. The van der Waals surface area contributed by atoms with Crippen LogP contribution in [-0.2, 0) is 0 Å². The highest BCUT2D eigenvalue weighted by Gasteiger charge is 2.12. The molecule has 0 bridgehead atoms. The smallest absolute Gasteiger partial charge is 0.165 e. The van der Waals surface area contributed by atoms with Crippen LogP contribution < -0.4 is 5.32 Å². The third-order valence-corrected chi connectivity index (χ3v) is 3.19. The lowest BCUT2D eigenvalue weighted by Crippen LogP contribution is -2.15. The Morgan fingerprint density at radius 1 is 1.35 bits per heavy atom. The molecule has 3 aromatic heterocycles. The molecule has 0 saturated carbocycles. The Balaban J connectivity index is 2.11. The minimum absolute atomic E-state index is 0.326. The standard InChI is InChI=1S/C14H16N6/c1-3-9(2)18-14-11-13(17-8-16-11)19-12(20-14)10-5-4-6-15-7-10/h4-9H,3H2,1-2H3,(H2,16,17,18,19,20). The van der Waals surface area contributed by atoms with Gasteiger partial charge in [-0.1, -0.05) is 6.92 Å². The number of hydrogen-bond acceptors (Lipinski definition) is 5. The number of pyridine rings is 1. The van der Waals surface area contributed by atoms with E-state index in [0.717, 1.165) is 29.0 Å². The van der Waals surface area contributed by atoms with E-state index in [2.05, 4.69) is 44.1 Å². The number of nitrogens with one attached hydrogen (secondary N) is 2. The number of H-pyrrole nitrogens is 1. The Bertz CT molecular complexity index is 706. The van der Waals surface area contributed by atoms with Crippen molar-refractivity contribution in [2.45, 2.75) is 26.3 Å². The number of hydrogen-bond donors (Lipinski definition) is 2. The maximum atomic E-state index is 4.59. The lowest BCUT2D eigenvalue weighted by atomic mass is 10.2. The highest BCUT2D eigenvalue weighted by atomic mass is 15.1. The summed E-state index contributed by atoms with van der Waals surface area (Å²) >= 11 is 0. The zero-order valence-corrected chi connectivity index (χ0v) is 11.5. The molecule has 1 unspecified atom stereocenters. The maximum Gasteiger partial charge on any atom is 0.165 e. The van der Waals surface area contributed by atoms with E-state index in [1.807, 2.05) is 12.1 Å². The predicted octanol–water partition coefficient (Wildman–Crippen LogP) is 2.63. The van der Waals surface area contributed by atoms with Gasteiger partial charge in [0, 0.05) is 24.0 Å². The monoisotopic (exact) mass is 268 g/mol. The molecule has 2 N–H and O–H groups in total. The van der Waals surface area contributed by atoms with Crippen molar-refractivity contribution < 1.29 is 0 Å². The first-order valence-corrected chi connectivity index (χ1v) is 6.66. The summed E-state index contributed by atoms with van der Waals surface area (Å²) in [5.74, 6) is 1.39. The summed E-state index contributed by atoms with van der Waals surface area (Å²) in [6.45, 7) is 4.24. The topological polar surface area (TPSA) is 79.4 Å². The average Bonchev–Trinajstić information content (AvgIpc) is 2.96. The van der Waals surface area contributed by atoms with Crippen molar-refractivity contribution in [3.63, 3.8) is 0 Å². The van der Waals surface area contributed by atoms with Crippen LogP contribution >= 0.6 is 0 Å². The van der Waals surface area contributed by atoms with Crippen molar-refractivity contribution in [2.75, 3.05) is 5.32 Å². The number of fused-ring (bicyclic) bond motifs is 1. The zero-order valence-electron chi connectivity index (χ0n) is 11.5. The number of aromatic nitrogens is 5. The Morgan fingerprint density at radius 2 is 2.25 bits per heavy atom. The molecule has 3 rings (SSSR count). The molecule has 0 aliphatic heterocycles. The summed E-state index contributed by atoms with van der Waals surface area (Å²) in [5.41, 5.74) is 2.37. The summed E-state index contributed by atoms with van der Waals surface area (Å²) in [5, 5.41) is 3.38. The van der Waals surface area contributed by atoms with Crippen LogP contribution in [0, 0.1) is 0 Å². The molecule has 0 amide bonds. The number of nitrogens with zero attached hydrogens (tertiary/aromatic N) is 4. The third-order valence-electron chi connectivity index (χ3n) is 3.19. The molecule has 6 nitrogen and oxygen atoms in total. The van der Waals surface area contributed by atoms with Crippen LogP contribution in [0.15, 0.2) is 30.9 Å². The normalized spacial score (nSPS) is 12.5. The number of rotatable bonds is 4. The summed E-state index contributed by atoms with van der Waals surface area (Å²) in [7, 11) is 0. The molecule has 0 aliphatic rings. The van der Waals surface area contributed by atoms with Gasteiger partial charge in [0.1, 0.15) is 5.52 Å². The molecular formula is C14H16N6. The van der Waals surface area contributed by atoms with E-state index in [9.17, 15) is 0 Å². The van der Waals surface area contributed by atoms with E-state index in [0.29, 0.717) is 11.9 Å². The molecule has 0 spiro atoms. The van der Waals surface area contributed by atoms with Gasteiger partial charge < -0.3 is 10.3 Å². The van der Waals surface area contributed by atoms with E-state index in [-0.39, 0.29) is 0 Å². The maximum absolute atomic E-state index is 4.59. The first-order chi connectivity index (χ1) is 9.78. The van der Waals surface area contributed by atoms with Crippen LogP contribution in [0.25, 0.3) is 22.6 Å². The molecule has 102 valence electrons. The second-order valence-corrected chi connectivity index (χ2v) is 4.69. The van der Waals surface area contributed by atoms with Crippen molar-refractivity contribution in [3.05, 3.63) is 30.9 Å². The van der Waals surface area contributed by atoms with Crippen molar-refractivity contribution in [2.24, 2.45) is 0 Å². The minimum atomic E-state index is 0.326. The lowest BCUT2D eigenvalue weighted by Gasteiger charge is -2.13. The Morgan fingerprint density at radius 3 is 3.00 bits per heavy atom. The zero-order chi connectivity index (χ0) is 13.9. The largest absolute Gasteiger partial charge is 0.366 e. The highest BCUT2D eigenvalue weighted by Crippen LogP contribution is 2.22. The quantitative estimate of drug-likeness (QED) is 0.760. The van der Waals surface area contributed by atoms with Gasteiger partial charge in [0.05, 0.1) is 6.33 Å². The molecule has 0 fully saturated rings. The molecule has 0 radical (unpaired) electrons. The van der Waals surface area contributed by atoms with Gasteiger partial charge >= 0.3 is 0 Å². The first-order valence-electron chi connectivity index (χ1n) is 6.66. The molecule has 6 heteroatoms. The molecule has 20 heavy (non-hydrogen) atoms. The SMILES string of the molecule is CCC(C)Nc1nc(-c2cccnc2)nc2[nH]cnc12. The van der Waals surface area contributed by atoms with Crippen LogP contribution in [0.2, 0.25) is 0 Å². The molecule has 0 aromatic carbocycles. The van der Waals surface area contributed by atoms with Crippen molar-refractivity contribution in [1.29, 1.82) is 0 Å². The molecular weight excluding hydrogens is 252 g/mol. The van der Waals surface area contributed by atoms with Crippen LogP contribution in [0.5, 0.6) is 0 Å². The van der Waals surface area contributed by atoms with Crippen molar-refractivity contribution >= 4 is 17.0 Å². The minimum Gasteiger partial charge on any atom is -0.366 e. The summed E-state index contributed by atoms with van der Waals surface area (Å²) in [6, 6.07) is 4.14. The fraction of sp³-hybridized carbons (Fsp3) is 0.286.